The van der Waals surface area contributed by atoms with Crippen molar-refractivity contribution in [3.8, 4) is 17.8 Å². The van der Waals surface area contributed by atoms with Gasteiger partial charge in [-0.05, 0) is 0 Å². The van der Waals surface area contributed by atoms with E-state index in [1.165, 1.54) is 19.5 Å². The molecule has 3 N–H and O–H groups in total. The lowest BCUT2D eigenvalue weighted by atomic mass is 10.5. The van der Waals surface area contributed by atoms with Crippen molar-refractivity contribution in [3.05, 3.63) is 23.5 Å². The van der Waals surface area contributed by atoms with Crippen LogP contribution in [0, 0.1) is 0 Å². The number of nitrogens with one attached hydrogen (secondary N) is 1. The van der Waals surface area contributed by atoms with Crippen LogP contribution in [0.3, 0.4) is 0 Å². The van der Waals surface area contributed by atoms with Crippen LogP contribution in [-0.2, 0) is 0 Å². The van der Waals surface area contributed by atoms with E-state index in [0.717, 1.165) is 0 Å². The van der Waals surface area contributed by atoms with E-state index < -0.39 is 0 Å². The minimum Gasteiger partial charge on any atom is -0.467 e. The molecule has 0 aromatic carbocycles. The number of nitrogens with zero attached hydrogens (tertiary/aromatic N) is 4. The standard InChI is InChI=1S/C9H9ClN6O2/c1-17-8-13-7(16-11)14-9(15-8)18-6-2-5(10)3-12-4-6/h2-4H,11H2,1H3,(H,13,14,15,16). The van der Waals surface area contributed by atoms with Gasteiger partial charge in [-0.25, -0.2) is 5.84 Å². The highest BCUT2D eigenvalue weighted by molar-refractivity contribution is 6.30. The van der Waals surface area contributed by atoms with Crippen molar-refractivity contribution in [2.75, 3.05) is 12.5 Å². The Balaban J connectivity index is 2.28. The summed E-state index contributed by atoms with van der Waals surface area (Å²) < 4.78 is 10.2. The average molecular weight is 269 g/mol. The highest BCUT2D eigenvalue weighted by atomic mass is 35.5. The fraction of sp³-hybridized carbons (Fsp3) is 0.111. The predicted octanol–water partition coefficient (Wildman–Crippen LogP) is 1.01. The van der Waals surface area contributed by atoms with E-state index in [1.807, 2.05) is 0 Å². The molecule has 0 unspecified atom stereocenters. The van der Waals surface area contributed by atoms with Gasteiger partial charge in [0.05, 0.1) is 18.3 Å². The molecule has 2 aromatic rings. The number of hydrogen-bond donors (Lipinski definition) is 2. The van der Waals surface area contributed by atoms with Crippen molar-refractivity contribution < 1.29 is 9.47 Å². The maximum Gasteiger partial charge on any atom is 0.330 e. The first kappa shape index (κ1) is 12.3. The Bertz CT molecular complexity index is 530. The summed E-state index contributed by atoms with van der Waals surface area (Å²) in [4.78, 5) is 15.5. The molecule has 2 rings (SSSR count). The lowest BCUT2D eigenvalue weighted by Gasteiger charge is -2.06. The van der Waals surface area contributed by atoms with Crippen molar-refractivity contribution in [2.45, 2.75) is 0 Å². The summed E-state index contributed by atoms with van der Waals surface area (Å²) in [5, 5.41) is 0.436. The average Bonchev–Trinajstić information content (AvgIpc) is 2.38. The number of nitrogen functional groups attached to an aromatic ring is 1. The Morgan fingerprint density at radius 3 is 2.67 bits per heavy atom. The minimum absolute atomic E-state index is 0.0128. The van der Waals surface area contributed by atoms with Crippen molar-refractivity contribution in [3.63, 3.8) is 0 Å². The maximum absolute atomic E-state index is 5.78. The van der Waals surface area contributed by atoms with Gasteiger partial charge in [-0.1, -0.05) is 11.6 Å². The molecule has 0 atom stereocenters. The summed E-state index contributed by atoms with van der Waals surface area (Å²) in [6.07, 6.45) is 2.95. The molecule has 18 heavy (non-hydrogen) atoms. The summed E-state index contributed by atoms with van der Waals surface area (Å²) in [6, 6.07) is 1.65. The van der Waals surface area contributed by atoms with Crippen molar-refractivity contribution >= 4 is 17.5 Å². The van der Waals surface area contributed by atoms with Gasteiger partial charge in [0.2, 0.25) is 5.95 Å². The summed E-state index contributed by atoms with van der Waals surface area (Å²) >= 11 is 5.78. The number of anilines is 1. The van der Waals surface area contributed by atoms with Crippen LogP contribution in [-0.4, -0.2) is 27.0 Å². The Labute approximate surface area is 107 Å². The first-order valence-corrected chi connectivity index (χ1v) is 5.14. The van der Waals surface area contributed by atoms with Crippen molar-refractivity contribution in [2.24, 2.45) is 5.84 Å². The van der Waals surface area contributed by atoms with E-state index in [2.05, 4.69) is 25.4 Å². The molecule has 2 aromatic heterocycles. The molecule has 0 bridgehead atoms. The SMILES string of the molecule is COc1nc(NN)nc(Oc2cncc(Cl)c2)n1. The van der Waals surface area contributed by atoms with E-state index in [1.54, 1.807) is 6.07 Å². The first-order valence-electron chi connectivity index (χ1n) is 4.76. The number of hydrogen-bond acceptors (Lipinski definition) is 8. The topological polar surface area (TPSA) is 108 Å². The number of pyridine rings is 1. The molecular weight excluding hydrogens is 260 g/mol. The zero-order valence-electron chi connectivity index (χ0n) is 9.29. The number of halogens is 1. The zero-order chi connectivity index (χ0) is 13.0. The van der Waals surface area contributed by atoms with Crippen LogP contribution in [0.25, 0.3) is 0 Å². The molecular formula is C9H9ClN6O2. The van der Waals surface area contributed by atoms with Crippen LogP contribution in [0.15, 0.2) is 18.5 Å². The van der Waals surface area contributed by atoms with Crippen LogP contribution in [0.2, 0.25) is 5.02 Å². The van der Waals surface area contributed by atoms with E-state index in [9.17, 15) is 0 Å². The molecule has 9 heteroatoms. The molecule has 2 heterocycles. The summed E-state index contributed by atoms with van der Waals surface area (Å²) in [5.41, 5.74) is 2.28. The Kier molecular flexibility index (Phi) is 3.70. The van der Waals surface area contributed by atoms with E-state index >= 15 is 0 Å². The van der Waals surface area contributed by atoms with Gasteiger partial charge < -0.3 is 9.47 Å². The summed E-state index contributed by atoms with van der Waals surface area (Å²) in [5.74, 6) is 5.72. The molecule has 0 amide bonds. The van der Waals surface area contributed by atoms with Gasteiger partial charge in [0, 0.05) is 12.3 Å². The third-order valence-corrected chi connectivity index (χ3v) is 2.00. The molecule has 0 fully saturated rings. The molecule has 0 saturated heterocycles. The number of methoxy groups -OCH3 is 1. The predicted molar refractivity (Wildman–Crippen MR) is 63.5 cm³/mol. The molecule has 0 radical (unpaired) electrons. The van der Waals surface area contributed by atoms with Crippen LogP contribution in [0.5, 0.6) is 17.8 Å². The number of nitrogens with two attached hydrogens (primary N) is 1. The fourth-order valence-electron chi connectivity index (χ4n) is 1.09. The molecule has 0 aliphatic carbocycles. The highest BCUT2D eigenvalue weighted by Gasteiger charge is 2.08. The molecule has 0 aliphatic rings. The highest BCUT2D eigenvalue weighted by Crippen LogP contribution is 2.21. The van der Waals surface area contributed by atoms with E-state index in [4.69, 9.17) is 26.9 Å². The number of aromatic nitrogens is 4. The van der Waals surface area contributed by atoms with Gasteiger partial charge in [0.1, 0.15) is 0 Å². The largest absolute Gasteiger partial charge is 0.467 e. The molecule has 94 valence electrons. The van der Waals surface area contributed by atoms with Gasteiger partial charge in [-0.15, -0.1) is 4.98 Å². The Morgan fingerprint density at radius 2 is 2.00 bits per heavy atom. The lowest BCUT2D eigenvalue weighted by Crippen LogP contribution is -2.12. The zero-order valence-corrected chi connectivity index (χ0v) is 10.0. The second-order valence-electron chi connectivity index (χ2n) is 3.01. The van der Waals surface area contributed by atoms with Gasteiger partial charge in [-0.3, -0.25) is 10.4 Å². The molecule has 0 saturated carbocycles. The second-order valence-corrected chi connectivity index (χ2v) is 3.45. The van der Waals surface area contributed by atoms with Crippen molar-refractivity contribution in [1.82, 2.24) is 19.9 Å². The first-order chi connectivity index (χ1) is 8.71. The molecule has 0 aliphatic heterocycles. The normalized spacial score (nSPS) is 9.94. The van der Waals surface area contributed by atoms with Gasteiger partial charge in [0.15, 0.2) is 5.75 Å². The number of ether oxygens (including phenoxy) is 2. The fourth-order valence-corrected chi connectivity index (χ4v) is 1.26. The maximum atomic E-state index is 5.78. The van der Waals surface area contributed by atoms with Crippen LogP contribution >= 0.6 is 11.6 Å². The van der Waals surface area contributed by atoms with Crippen molar-refractivity contribution in [1.29, 1.82) is 0 Å². The lowest BCUT2D eigenvalue weighted by molar-refractivity contribution is 0.360. The van der Waals surface area contributed by atoms with E-state index in [-0.39, 0.29) is 18.0 Å². The quantitative estimate of drug-likeness (QED) is 0.625. The van der Waals surface area contributed by atoms with Gasteiger partial charge >= 0.3 is 12.0 Å². The minimum atomic E-state index is 0.0128. The summed E-state index contributed by atoms with van der Waals surface area (Å²) in [7, 11) is 1.42. The smallest absolute Gasteiger partial charge is 0.330 e. The Morgan fingerprint density at radius 1 is 1.22 bits per heavy atom. The molecule has 8 nitrogen and oxygen atoms in total. The van der Waals surface area contributed by atoms with Crippen LogP contribution < -0.4 is 20.7 Å². The monoisotopic (exact) mass is 268 g/mol. The molecule has 0 spiro atoms. The Hall–Kier alpha value is -2.19. The number of rotatable bonds is 4. The van der Waals surface area contributed by atoms with Crippen LogP contribution in [0.4, 0.5) is 5.95 Å². The second kappa shape index (κ2) is 5.43. The third kappa shape index (κ3) is 2.93. The number of hydrazine groups is 1. The van der Waals surface area contributed by atoms with Gasteiger partial charge in [-0.2, -0.15) is 9.97 Å². The third-order valence-electron chi connectivity index (χ3n) is 1.79. The van der Waals surface area contributed by atoms with Gasteiger partial charge in [0.25, 0.3) is 0 Å². The van der Waals surface area contributed by atoms with Crippen LogP contribution in [0.1, 0.15) is 0 Å². The van der Waals surface area contributed by atoms with E-state index in [0.29, 0.717) is 10.8 Å². The summed E-state index contributed by atoms with van der Waals surface area (Å²) in [6.45, 7) is 0.